The molecule has 2 unspecified atom stereocenters. The fraction of sp³-hybridized carbons (Fsp3) is 0.188. The van der Waals surface area contributed by atoms with E-state index >= 15 is 0 Å². The van der Waals surface area contributed by atoms with Crippen molar-refractivity contribution >= 4 is 21.8 Å². The van der Waals surface area contributed by atoms with Crippen molar-refractivity contribution in [2.45, 2.75) is 19.1 Å². The van der Waals surface area contributed by atoms with Crippen LogP contribution in [0.2, 0.25) is 0 Å². The number of ether oxygens (including phenoxy) is 1. The zero-order valence-corrected chi connectivity index (χ0v) is 13.2. The molecule has 0 saturated heterocycles. The average Bonchev–Trinajstić information content (AvgIpc) is 2.46. The van der Waals surface area contributed by atoms with Crippen LogP contribution in [0.25, 0.3) is 0 Å². The quantitative estimate of drug-likeness (QED) is 0.871. The first kappa shape index (κ1) is 15.5. The van der Waals surface area contributed by atoms with Crippen LogP contribution in [0.4, 0.5) is 0 Å². The van der Waals surface area contributed by atoms with Crippen molar-refractivity contribution < 1.29 is 9.53 Å². The van der Waals surface area contributed by atoms with E-state index in [-0.39, 0.29) is 12.1 Å². The van der Waals surface area contributed by atoms with E-state index in [2.05, 4.69) is 15.9 Å². The summed E-state index contributed by atoms with van der Waals surface area (Å²) in [6.07, 6.45) is -0.292. The molecule has 0 radical (unpaired) electrons. The fourth-order valence-corrected chi connectivity index (χ4v) is 2.51. The molecule has 4 N–H and O–H groups in total. The number of hydrogen-bond acceptors (Lipinski definition) is 3. The minimum Gasteiger partial charge on any atom is -0.484 e. The number of rotatable bonds is 5. The van der Waals surface area contributed by atoms with Gasteiger partial charge in [0.15, 0.2) is 0 Å². The highest BCUT2D eigenvalue weighted by atomic mass is 79.9. The molecular weight excluding hydrogens is 332 g/mol. The molecule has 2 rings (SSSR count). The predicted octanol–water partition coefficient (Wildman–Crippen LogP) is 3.02. The van der Waals surface area contributed by atoms with Gasteiger partial charge in [0.05, 0.1) is 0 Å². The van der Waals surface area contributed by atoms with Crippen LogP contribution in [0, 0.1) is 0 Å². The molecule has 0 bridgehead atoms. The first-order valence-corrected chi connectivity index (χ1v) is 7.35. The summed E-state index contributed by atoms with van der Waals surface area (Å²) in [5, 5.41) is 0. The topological polar surface area (TPSA) is 78.3 Å². The van der Waals surface area contributed by atoms with Crippen LogP contribution in [0.15, 0.2) is 53.0 Å². The Labute approximate surface area is 132 Å². The van der Waals surface area contributed by atoms with Gasteiger partial charge in [0.1, 0.15) is 11.9 Å². The van der Waals surface area contributed by atoms with E-state index in [1.807, 2.05) is 31.2 Å². The molecule has 0 spiro atoms. The van der Waals surface area contributed by atoms with Crippen molar-refractivity contribution in [1.82, 2.24) is 0 Å². The predicted molar refractivity (Wildman–Crippen MR) is 86.1 cm³/mol. The highest BCUT2D eigenvalue weighted by molar-refractivity contribution is 9.10. The first-order chi connectivity index (χ1) is 9.99. The first-order valence-electron chi connectivity index (χ1n) is 6.55. The minimum atomic E-state index is -0.462. The molecule has 0 fully saturated rings. The zero-order valence-electron chi connectivity index (χ0n) is 11.6. The van der Waals surface area contributed by atoms with E-state index in [1.165, 1.54) is 0 Å². The SMILES string of the molecule is CC(N)C(Oc1ccc(C(N)=O)cc1)c1ccccc1Br. The van der Waals surface area contributed by atoms with E-state index in [9.17, 15) is 4.79 Å². The summed E-state index contributed by atoms with van der Waals surface area (Å²) in [5.74, 6) is 0.175. The van der Waals surface area contributed by atoms with Gasteiger partial charge >= 0.3 is 0 Å². The number of primary amides is 1. The van der Waals surface area contributed by atoms with Gasteiger partial charge < -0.3 is 16.2 Å². The number of benzene rings is 2. The molecule has 5 heteroatoms. The Morgan fingerprint density at radius 2 is 1.76 bits per heavy atom. The summed E-state index contributed by atoms with van der Waals surface area (Å²) in [6, 6.07) is 14.3. The molecule has 2 aromatic carbocycles. The molecule has 110 valence electrons. The molecule has 0 saturated carbocycles. The number of carbonyl (C=O) groups is 1. The third kappa shape index (κ3) is 3.83. The zero-order chi connectivity index (χ0) is 15.4. The van der Waals surface area contributed by atoms with E-state index < -0.39 is 5.91 Å². The normalized spacial score (nSPS) is 13.5. The summed E-state index contributed by atoms with van der Waals surface area (Å²) >= 11 is 3.51. The lowest BCUT2D eigenvalue weighted by atomic mass is 10.0. The molecule has 21 heavy (non-hydrogen) atoms. The van der Waals surface area contributed by atoms with E-state index in [1.54, 1.807) is 24.3 Å². The molecule has 2 atom stereocenters. The van der Waals surface area contributed by atoms with Crippen molar-refractivity contribution in [1.29, 1.82) is 0 Å². The van der Waals surface area contributed by atoms with Crippen molar-refractivity contribution in [2.75, 3.05) is 0 Å². The number of hydrogen-bond donors (Lipinski definition) is 2. The average molecular weight is 349 g/mol. The molecule has 1 amide bonds. The van der Waals surface area contributed by atoms with E-state index in [0.717, 1.165) is 10.0 Å². The second-order valence-corrected chi connectivity index (χ2v) is 5.66. The smallest absolute Gasteiger partial charge is 0.248 e. The Morgan fingerprint density at radius 3 is 2.29 bits per heavy atom. The summed E-state index contributed by atoms with van der Waals surface area (Å²) in [4.78, 5) is 11.1. The summed E-state index contributed by atoms with van der Waals surface area (Å²) < 4.78 is 6.92. The van der Waals surface area contributed by atoms with Gasteiger partial charge in [-0.25, -0.2) is 0 Å². The van der Waals surface area contributed by atoms with Gasteiger partial charge in [-0.3, -0.25) is 4.79 Å². The van der Waals surface area contributed by atoms with Gasteiger partial charge in [0.25, 0.3) is 0 Å². The molecule has 0 heterocycles. The molecular formula is C16H17BrN2O2. The second kappa shape index (κ2) is 6.74. The number of nitrogens with two attached hydrogens (primary N) is 2. The van der Waals surface area contributed by atoms with Crippen LogP contribution in [0.5, 0.6) is 5.75 Å². The van der Waals surface area contributed by atoms with Gasteiger partial charge in [0, 0.05) is 21.6 Å². The number of halogens is 1. The summed E-state index contributed by atoms with van der Waals surface area (Å²) in [7, 11) is 0. The van der Waals surface area contributed by atoms with Crippen molar-refractivity contribution in [3.8, 4) is 5.75 Å². The molecule has 4 nitrogen and oxygen atoms in total. The van der Waals surface area contributed by atoms with Crippen LogP contribution in [0.3, 0.4) is 0 Å². The highest BCUT2D eigenvalue weighted by Crippen LogP contribution is 2.29. The Morgan fingerprint density at radius 1 is 1.14 bits per heavy atom. The van der Waals surface area contributed by atoms with E-state index in [0.29, 0.717) is 11.3 Å². The van der Waals surface area contributed by atoms with Gasteiger partial charge in [-0.1, -0.05) is 34.1 Å². The van der Waals surface area contributed by atoms with Gasteiger partial charge in [-0.15, -0.1) is 0 Å². The maximum Gasteiger partial charge on any atom is 0.248 e. The lowest BCUT2D eigenvalue weighted by Gasteiger charge is -2.24. The molecule has 0 aliphatic carbocycles. The lowest BCUT2D eigenvalue weighted by Crippen LogP contribution is -2.29. The van der Waals surface area contributed by atoms with Crippen molar-refractivity contribution in [3.63, 3.8) is 0 Å². The lowest BCUT2D eigenvalue weighted by molar-refractivity contribution is 0.1000. The van der Waals surface area contributed by atoms with Crippen LogP contribution in [0.1, 0.15) is 28.9 Å². The molecule has 0 aromatic heterocycles. The van der Waals surface area contributed by atoms with Crippen LogP contribution >= 0.6 is 15.9 Å². The van der Waals surface area contributed by atoms with Crippen molar-refractivity contribution in [3.05, 3.63) is 64.1 Å². The maximum absolute atomic E-state index is 11.1. The van der Waals surface area contributed by atoms with Crippen LogP contribution in [-0.4, -0.2) is 11.9 Å². The number of carbonyl (C=O) groups excluding carboxylic acids is 1. The van der Waals surface area contributed by atoms with Gasteiger partial charge in [-0.05, 0) is 37.3 Å². The third-order valence-corrected chi connectivity index (χ3v) is 3.81. The fourth-order valence-electron chi connectivity index (χ4n) is 2.00. The highest BCUT2D eigenvalue weighted by Gasteiger charge is 2.20. The minimum absolute atomic E-state index is 0.195. The number of amides is 1. The van der Waals surface area contributed by atoms with Crippen LogP contribution in [-0.2, 0) is 0 Å². The van der Waals surface area contributed by atoms with Gasteiger partial charge in [-0.2, -0.15) is 0 Å². The Bertz CT molecular complexity index is 626. The standard InChI is InChI=1S/C16H17BrN2O2/c1-10(18)15(13-4-2-3-5-14(13)17)21-12-8-6-11(7-9-12)16(19)20/h2-10,15H,18H2,1H3,(H2,19,20). The van der Waals surface area contributed by atoms with Crippen LogP contribution < -0.4 is 16.2 Å². The van der Waals surface area contributed by atoms with E-state index in [4.69, 9.17) is 16.2 Å². The summed E-state index contributed by atoms with van der Waals surface area (Å²) in [6.45, 7) is 1.89. The monoisotopic (exact) mass is 348 g/mol. The summed E-state index contributed by atoms with van der Waals surface area (Å²) in [5.41, 5.74) is 12.7. The molecule has 0 aliphatic rings. The largest absolute Gasteiger partial charge is 0.484 e. The second-order valence-electron chi connectivity index (χ2n) is 4.81. The Balaban J connectivity index is 2.25. The maximum atomic E-state index is 11.1. The Kier molecular flexibility index (Phi) is 4.98. The van der Waals surface area contributed by atoms with Crippen molar-refractivity contribution in [2.24, 2.45) is 11.5 Å². The van der Waals surface area contributed by atoms with Gasteiger partial charge in [0.2, 0.25) is 5.91 Å². The Hall–Kier alpha value is -1.85. The third-order valence-electron chi connectivity index (χ3n) is 3.09. The molecule has 0 aliphatic heterocycles. The molecule has 2 aromatic rings.